The standard InChI is InChI=1S/C19H14Cl2N4OS/c20-14-5-1-12(2-6-14)9-25-11-22-16-17(25)18(26)23-24-19(16)27-10-13-3-7-15(21)8-4-13/h1-8,11H,9-10H2,(H,23,26). The summed E-state index contributed by atoms with van der Waals surface area (Å²) in [6.07, 6.45) is 1.67. The molecule has 0 saturated heterocycles. The van der Waals surface area contributed by atoms with Gasteiger partial charge in [0.1, 0.15) is 16.1 Å². The molecule has 2 aromatic carbocycles. The van der Waals surface area contributed by atoms with E-state index >= 15 is 0 Å². The second-order valence-corrected chi connectivity index (χ2v) is 7.81. The summed E-state index contributed by atoms with van der Waals surface area (Å²) >= 11 is 13.4. The number of imidazole rings is 1. The van der Waals surface area contributed by atoms with Gasteiger partial charge in [0.05, 0.1) is 6.33 Å². The molecule has 5 nitrogen and oxygen atoms in total. The largest absolute Gasteiger partial charge is 0.321 e. The van der Waals surface area contributed by atoms with Crippen LogP contribution < -0.4 is 5.56 Å². The molecule has 0 amide bonds. The number of aromatic nitrogens is 4. The zero-order valence-electron chi connectivity index (χ0n) is 14.0. The molecule has 0 aliphatic carbocycles. The Hall–Kier alpha value is -2.28. The van der Waals surface area contributed by atoms with E-state index in [0.29, 0.717) is 38.4 Å². The molecule has 0 radical (unpaired) electrons. The van der Waals surface area contributed by atoms with Crippen LogP contribution in [0.15, 0.2) is 64.7 Å². The molecule has 27 heavy (non-hydrogen) atoms. The van der Waals surface area contributed by atoms with Crippen molar-refractivity contribution in [3.63, 3.8) is 0 Å². The summed E-state index contributed by atoms with van der Waals surface area (Å²) in [5, 5.41) is 8.83. The monoisotopic (exact) mass is 416 g/mol. The summed E-state index contributed by atoms with van der Waals surface area (Å²) in [6, 6.07) is 15.2. The predicted octanol–water partition coefficient (Wildman–Crippen LogP) is 4.77. The average molecular weight is 417 g/mol. The summed E-state index contributed by atoms with van der Waals surface area (Å²) in [6.45, 7) is 0.530. The van der Waals surface area contributed by atoms with Crippen molar-refractivity contribution in [3.05, 3.63) is 86.4 Å². The van der Waals surface area contributed by atoms with Gasteiger partial charge in [0.2, 0.25) is 0 Å². The van der Waals surface area contributed by atoms with Gasteiger partial charge in [0.25, 0.3) is 5.56 Å². The second kappa shape index (κ2) is 7.76. The Bertz CT molecular complexity index is 1140. The summed E-state index contributed by atoms with van der Waals surface area (Å²) in [4.78, 5) is 16.8. The smallest absolute Gasteiger partial charge is 0.290 e. The van der Waals surface area contributed by atoms with Crippen LogP contribution in [0, 0.1) is 0 Å². The molecule has 0 bridgehead atoms. The van der Waals surface area contributed by atoms with Crippen molar-refractivity contribution in [1.82, 2.24) is 19.7 Å². The third-order valence-electron chi connectivity index (χ3n) is 4.07. The first-order chi connectivity index (χ1) is 13.1. The normalized spacial score (nSPS) is 11.2. The Morgan fingerprint density at radius 2 is 1.59 bits per heavy atom. The highest BCUT2D eigenvalue weighted by Gasteiger charge is 2.14. The lowest BCUT2D eigenvalue weighted by Crippen LogP contribution is -2.13. The van der Waals surface area contributed by atoms with Gasteiger partial charge in [-0.3, -0.25) is 4.79 Å². The molecule has 4 rings (SSSR count). The first kappa shape index (κ1) is 18.1. The molecule has 0 atom stereocenters. The van der Waals surface area contributed by atoms with Gasteiger partial charge in [-0.25, -0.2) is 10.1 Å². The van der Waals surface area contributed by atoms with Gasteiger partial charge in [0.15, 0.2) is 0 Å². The van der Waals surface area contributed by atoms with Gasteiger partial charge in [0, 0.05) is 22.3 Å². The molecular formula is C19H14Cl2N4OS. The lowest BCUT2D eigenvalue weighted by Gasteiger charge is -2.05. The van der Waals surface area contributed by atoms with Crippen LogP contribution in [0.5, 0.6) is 0 Å². The van der Waals surface area contributed by atoms with Crippen molar-refractivity contribution < 1.29 is 0 Å². The number of aromatic amines is 1. The summed E-state index contributed by atoms with van der Waals surface area (Å²) in [7, 11) is 0. The molecule has 0 saturated carbocycles. The quantitative estimate of drug-likeness (QED) is 0.476. The van der Waals surface area contributed by atoms with E-state index in [4.69, 9.17) is 23.2 Å². The third-order valence-corrected chi connectivity index (χ3v) is 5.61. The topological polar surface area (TPSA) is 63.6 Å². The van der Waals surface area contributed by atoms with E-state index in [-0.39, 0.29) is 5.56 Å². The highest BCUT2D eigenvalue weighted by Crippen LogP contribution is 2.26. The van der Waals surface area contributed by atoms with Crippen LogP contribution in [0.25, 0.3) is 11.0 Å². The van der Waals surface area contributed by atoms with Crippen LogP contribution in [0.1, 0.15) is 11.1 Å². The van der Waals surface area contributed by atoms with Crippen LogP contribution in [-0.2, 0) is 12.3 Å². The van der Waals surface area contributed by atoms with Gasteiger partial charge < -0.3 is 4.57 Å². The van der Waals surface area contributed by atoms with Gasteiger partial charge in [-0.2, -0.15) is 5.10 Å². The number of fused-ring (bicyclic) bond motifs is 1. The van der Waals surface area contributed by atoms with E-state index < -0.39 is 0 Å². The fourth-order valence-electron chi connectivity index (χ4n) is 2.72. The molecule has 2 aromatic heterocycles. The highest BCUT2D eigenvalue weighted by molar-refractivity contribution is 7.98. The minimum Gasteiger partial charge on any atom is -0.321 e. The van der Waals surface area contributed by atoms with Crippen molar-refractivity contribution >= 4 is 46.0 Å². The number of hydrogen-bond acceptors (Lipinski definition) is 4. The maximum absolute atomic E-state index is 12.3. The average Bonchev–Trinajstić information content (AvgIpc) is 3.09. The highest BCUT2D eigenvalue weighted by atomic mass is 35.5. The molecule has 136 valence electrons. The van der Waals surface area contributed by atoms with E-state index in [1.165, 1.54) is 11.8 Å². The first-order valence-corrected chi connectivity index (χ1v) is 9.89. The van der Waals surface area contributed by atoms with Crippen molar-refractivity contribution in [2.75, 3.05) is 0 Å². The van der Waals surface area contributed by atoms with E-state index in [9.17, 15) is 4.79 Å². The van der Waals surface area contributed by atoms with E-state index in [0.717, 1.165) is 11.1 Å². The van der Waals surface area contributed by atoms with Crippen molar-refractivity contribution in [3.8, 4) is 0 Å². The fourth-order valence-corrected chi connectivity index (χ4v) is 3.87. The minimum atomic E-state index is -0.257. The SMILES string of the molecule is O=c1[nH]nc(SCc2ccc(Cl)cc2)c2ncn(Cc3ccc(Cl)cc3)c12. The van der Waals surface area contributed by atoms with Gasteiger partial charge in [-0.1, -0.05) is 59.2 Å². The number of nitrogens with zero attached hydrogens (tertiary/aromatic N) is 3. The lowest BCUT2D eigenvalue weighted by atomic mass is 10.2. The second-order valence-electron chi connectivity index (χ2n) is 5.97. The van der Waals surface area contributed by atoms with Gasteiger partial charge >= 0.3 is 0 Å². The summed E-state index contributed by atoms with van der Waals surface area (Å²) in [5.74, 6) is 0.704. The van der Waals surface area contributed by atoms with Crippen LogP contribution in [0.3, 0.4) is 0 Å². The van der Waals surface area contributed by atoms with E-state index in [1.807, 2.05) is 53.1 Å². The molecule has 1 N–H and O–H groups in total. The maximum Gasteiger partial charge on any atom is 0.290 e. The predicted molar refractivity (Wildman–Crippen MR) is 110 cm³/mol. The molecule has 2 heterocycles. The van der Waals surface area contributed by atoms with Gasteiger partial charge in [-0.05, 0) is 35.4 Å². The number of thioether (sulfide) groups is 1. The first-order valence-electron chi connectivity index (χ1n) is 8.15. The Morgan fingerprint density at radius 1 is 0.963 bits per heavy atom. The van der Waals surface area contributed by atoms with Crippen molar-refractivity contribution in [2.24, 2.45) is 0 Å². The molecular weight excluding hydrogens is 403 g/mol. The maximum atomic E-state index is 12.3. The van der Waals surface area contributed by atoms with Crippen LogP contribution >= 0.6 is 35.0 Å². The zero-order valence-corrected chi connectivity index (χ0v) is 16.4. The number of nitrogens with one attached hydrogen (secondary N) is 1. The molecule has 0 unspecified atom stereocenters. The van der Waals surface area contributed by atoms with Crippen LogP contribution in [0.2, 0.25) is 10.0 Å². The minimum absolute atomic E-state index is 0.257. The Balaban J connectivity index is 1.62. The number of H-pyrrole nitrogens is 1. The lowest BCUT2D eigenvalue weighted by molar-refractivity contribution is 0.813. The third kappa shape index (κ3) is 4.03. The molecule has 8 heteroatoms. The Labute approximate surface area is 169 Å². The Kier molecular flexibility index (Phi) is 5.20. The zero-order chi connectivity index (χ0) is 18.8. The summed E-state index contributed by atoms with van der Waals surface area (Å²) < 4.78 is 1.82. The number of rotatable bonds is 5. The Morgan fingerprint density at radius 3 is 2.26 bits per heavy atom. The number of hydrogen-bond donors (Lipinski definition) is 1. The van der Waals surface area contributed by atoms with Crippen molar-refractivity contribution in [2.45, 2.75) is 17.3 Å². The molecule has 0 spiro atoms. The van der Waals surface area contributed by atoms with E-state index in [1.54, 1.807) is 6.33 Å². The molecule has 0 aliphatic heterocycles. The number of halogens is 2. The molecule has 0 aliphatic rings. The fraction of sp³-hybridized carbons (Fsp3) is 0.105. The molecule has 0 fully saturated rings. The van der Waals surface area contributed by atoms with Crippen LogP contribution in [0.4, 0.5) is 0 Å². The summed E-state index contributed by atoms with van der Waals surface area (Å²) in [5.41, 5.74) is 3.01. The number of benzene rings is 2. The van der Waals surface area contributed by atoms with E-state index in [2.05, 4.69) is 15.2 Å². The van der Waals surface area contributed by atoms with Crippen molar-refractivity contribution in [1.29, 1.82) is 0 Å². The molecule has 4 aromatic rings. The van der Waals surface area contributed by atoms with Crippen LogP contribution in [-0.4, -0.2) is 19.7 Å². The van der Waals surface area contributed by atoms with Gasteiger partial charge in [-0.15, -0.1) is 0 Å².